The summed E-state index contributed by atoms with van der Waals surface area (Å²) in [6.07, 6.45) is 1.38. The second-order valence-electron chi connectivity index (χ2n) is 3.25. The average Bonchev–Trinajstić information content (AvgIpc) is 2.41. The number of fused-ring (bicyclic) bond motifs is 5. The molecule has 0 aliphatic carbocycles. The molecule has 0 spiro atoms. The fourth-order valence-corrected chi connectivity index (χ4v) is 1.94. The van der Waals surface area contributed by atoms with E-state index in [1.165, 1.54) is 11.1 Å². The van der Waals surface area contributed by atoms with Crippen molar-refractivity contribution in [2.24, 2.45) is 0 Å². The summed E-state index contributed by atoms with van der Waals surface area (Å²) in [5.74, 6) is 0. The van der Waals surface area contributed by atoms with Crippen LogP contribution >= 0.6 is 0 Å². The number of nitrogens with one attached hydrogen (secondary N) is 1. The fourth-order valence-electron chi connectivity index (χ4n) is 1.94. The van der Waals surface area contributed by atoms with Crippen LogP contribution in [0.2, 0.25) is 0 Å². The summed E-state index contributed by atoms with van der Waals surface area (Å²) < 4.78 is 5.72. The number of hydrogen-bond donors (Lipinski definition) is 1. The van der Waals surface area contributed by atoms with E-state index >= 15 is 0 Å². The molecule has 1 aromatic rings. The van der Waals surface area contributed by atoms with Crippen LogP contribution in [0.5, 0.6) is 0 Å². The third-order valence-electron chi connectivity index (χ3n) is 2.51. The van der Waals surface area contributed by atoms with E-state index in [2.05, 4.69) is 29.6 Å². The second-order valence-corrected chi connectivity index (χ2v) is 3.25. The molecule has 1 saturated heterocycles. The topological polar surface area (TPSA) is 21.3 Å². The van der Waals surface area contributed by atoms with Crippen molar-refractivity contribution >= 4 is 0 Å². The smallest absolute Gasteiger partial charge is 0.141 e. The molecule has 2 heterocycles. The van der Waals surface area contributed by atoms with Crippen molar-refractivity contribution in [1.82, 2.24) is 5.32 Å². The maximum atomic E-state index is 5.72. The van der Waals surface area contributed by atoms with Crippen molar-refractivity contribution in [2.75, 3.05) is 13.1 Å². The Morgan fingerprint density at radius 2 is 2.25 bits per heavy atom. The lowest BCUT2D eigenvalue weighted by atomic mass is 10.0. The highest BCUT2D eigenvalue weighted by Crippen LogP contribution is 2.39. The minimum atomic E-state index is 0.268. The number of benzene rings is 1. The van der Waals surface area contributed by atoms with Gasteiger partial charge < -0.3 is 10.1 Å². The molecule has 1 fully saturated rings. The van der Waals surface area contributed by atoms with Crippen LogP contribution < -0.4 is 5.32 Å². The molecule has 1 aromatic carbocycles. The lowest BCUT2D eigenvalue weighted by Crippen LogP contribution is -2.31. The number of ether oxygens (including phenoxy) is 1. The van der Waals surface area contributed by atoms with Crippen LogP contribution in [0.15, 0.2) is 24.3 Å². The van der Waals surface area contributed by atoms with Crippen LogP contribution in [0.1, 0.15) is 17.2 Å². The van der Waals surface area contributed by atoms with Crippen LogP contribution in [0.3, 0.4) is 0 Å². The van der Waals surface area contributed by atoms with Gasteiger partial charge in [0.1, 0.15) is 6.10 Å². The summed E-state index contributed by atoms with van der Waals surface area (Å²) in [6, 6.07) is 8.43. The van der Waals surface area contributed by atoms with Gasteiger partial charge in [-0.3, -0.25) is 0 Å². The summed E-state index contributed by atoms with van der Waals surface area (Å²) in [6.45, 7) is 1.83. The van der Waals surface area contributed by atoms with E-state index in [0.29, 0.717) is 0 Å². The van der Waals surface area contributed by atoms with Crippen molar-refractivity contribution in [2.45, 2.75) is 6.10 Å². The Kier molecular flexibility index (Phi) is 1.28. The van der Waals surface area contributed by atoms with Crippen LogP contribution in [-0.4, -0.2) is 13.1 Å². The zero-order valence-electron chi connectivity index (χ0n) is 6.71. The molecule has 2 aliphatic rings. The first-order chi connectivity index (χ1) is 5.95. The predicted molar refractivity (Wildman–Crippen MR) is 45.5 cm³/mol. The SMILES string of the molecule is c1ccc2c(c1)[C]1CNCC2O1. The molecule has 0 aromatic heterocycles. The molecular formula is C10H10NO. The normalized spacial score (nSPS) is 27.2. The van der Waals surface area contributed by atoms with E-state index in [1.54, 1.807) is 0 Å². The Balaban J connectivity index is 2.16. The van der Waals surface area contributed by atoms with Crippen LogP contribution in [0, 0.1) is 6.10 Å². The highest BCUT2D eigenvalue weighted by molar-refractivity contribution is 5.43. The van der Waals surface area contributed by atoms with Gasteiger partial charge >= 0.3 is 0 Å². The van der Waals surface area contributed by atoms with E-state index in [1.807, 2.05) is 0 Å². The van der Waals surface area contributed by atoms with Gasteiger partial charge in [-0.25, -0.2) is 0 Å². The Morgan fingerprint density at radius 3 is 3.25 bits per heavy atom. The molecule has 12 heavy (non-hydrogen) atoms. The molecule has 2 bridgehead atoms. The molecule has 61 valence electrons. The Bertz CT molecular complexity index is 281. The largest absolute Gasteiger partial charge is 0.356 e. The first-order valence-corrected chi connectivity index (χ1v) is 4.27. The number of morpholine rings is 1. The van der Waals surface area contributed by atoms with Gasteiger partial charge in [0.05, 0.1) is 6.10 Å². The van der Waals surface area contributed by atoms with E-state index in [9.17, 15) is 0 Å². The van der Waals surface area contributed by atoms with E-state index in [4.69, 9.17) is 4.74 Å². The molecule has 1 atom stereocenters. The van der Waals surface area contributed by atoms with Crippen LogP contribution in [-0.2, 0) is 4.74 Å². The van der Waals surface area contributed by atoms with E-state index in [-0.39, 0.29) is 6.10 Å². The van der Waals surface area contributed by atoms with Gasteiger partial charge in [0.15, 0.2) is 0 Å². The molecule has 3 rings (SSSR count). The van der Waals surface area contributed by atoms with Crippen molar-refractivity contribution in [3.63, 3.8) is 0 Å². The molecule has 1 N–H and O–H groups in total. The molecule has 0 amide bonds. The zero-order valence-corrected chi connectivity index (χ0v) is 6.71. The lowest BCUT2D eigenvalue weighted by Gasteiger charge is -2.20. The minimum Gasteiger partial charge on any atom is -0.356 e. The van der Waals surface area contributed by atoms with Crippen molar-refractivity contribution in [3.8, 4) is 0 Å². The van der Waals surface area contributed by atoms with Crippen LogP contribution in [0.25, 0.3) is 0 Å². The molecule has 1 radical (unpaired) electrons. The van der Waals surface area contributed by atoms with Gasteiger partial charge in [-0.1, -0.05) is 24.3 Å². The Labute approximate surface area is 71.5 Å². The lowest BCUT2D eigenvalue weighted by molar-refractivity contribution is 0.0692. The predicted octanol–water partition coefficient (Wildman–Crippen LogP) is 1.24. The second kappa shape index (κ2) is 2.31. The molecule has 2 aliphatic heterocycles. The van der Waals surface area contributed by atoms with Gasteiger partial charge in [0.2, 0.25) is 0 Å². The van der Waals surface area contributed by atoms with Gasteiger partial charge in [-0.15, -0.1) is 0 Å². The zero-order chi connectivity index (χ0) is 7.97. The first-order valence-electron chi connectivity index (χ1n) is 4.27. The van der Waals surface area contributed by atoms with Crippen molar-refractivity contribution < 1.29 is 4.74 Å². The summed E-state index contributed by atoms with van der Waals surface area (Å²) in [5, 5.41) is 3.33. The highest BCUT2D eigenvalue weighted by Gasteiger charge is 2.35. The Hall–Kier alpha value is -0.860. The fraction of sp³-hybridized carbons (Fsp3) is 0.300. The molecule has 2 heteroatoms. The maximum absolute atomic E-state index is 5.72. The van der Waals surface area contributed by atoms with Crippen molar-refractivity contribution in [3.05, 3.63) is 41.5 Å². The summed E-state index contributed by atoms with van der Waals surface area (Å²) in [7, 11) is 0. The van der Waals surface area contributed by atoms with E-state index < -0.39 is 0 Å². The third-order valence-corrected chi connectivity index (χ3v) is 2.51. The van der Waals surface area contributed by atoms with E-state index in [0.717, 1.165) is 19.2 Å². The average molecular weight is 160 g/mol. The molecule has 2 nitrogen and oxygen atoms in total. The first kappa shape index (κ1) is 6.63. The quantitative estimate of drug-likeness (QED) is 0.616. The standard InChI is InChI=1S/C10H10NO/c1-2-4-8-7(3-1)9-5-11-6-10(8)12-9/h1-4,9,11H,5-6H2. The third kappa shape index (κ3) is 0.765. The van der Waals surface area contributed by atoms with Gasteiger partial charge in [-0.2, -0.15) is 0 Å². The van der Waals surface area contributed by atoms with Crippen LogP contribution in [0.4, 0.5) is 0 Å². The van der Waals surface area contributed by atoms with Gasteiger partial charge in [-0.05, 0) is 11.1 Å². The molecule has 0 saturated carbocycles. The van der Waals surface area contributed by atoms with Gasteiger partial charge in [0.25, 0.3) is 0 Å². The molecular weight excluding hydrogens is 150 g/mol. The highest BCUT2D eigenvalue weighted by atomic mass is 16.5. The summed E-state index contributed by atoms with van der Waals surface area (Å²) in [4.78, 5) is 0. The van der Waals surface area contributed by atoms with Crippen molar-refractivity contribution in [1.29, 1.82) is 0 Å². The summed E-state index contributed by atoms with van der Waals surface area (Å²) in [5.41, 5.74) is 2.64. The summed E-state index contributed by atoms with van der Waals surface area (Å²) >= 11 is 0. The monoisotopic (exact) mass is 160 g/mol. The maximum Gasteiger partial charge on any atom is 0.141 e. The molecule has 1 unspecified atom stereocenters. The van der Waals surface area contributed by atoms with Gasteiger partial charge in [0, 0.05) is 13.1 Å². The number of hydrogen-bond acceptors (Lipinski definition) is 2. The minimum absolute atomic E-state index is 0.268. The number of rotatable bonds is 0. The Morgan fingerprint density at radius 1 is 1.33 bits per heavy atom.